The molecule has 1 saturated heterocycles. The summed E-state index contributed by atoms with van der Waals surface area (Å²) in [5.41, 5.74) is 18.7. The van der Waals surface area contributed by atoms with Crippen molar-refractivity contribution in [2.75, 3.05) is 0 Å². The van der Waals surface area contributed by atoms with Crippen molar-refractivity contribution in [1.29, 1.82) is 0 Å². The number of halogens is 2. The Hall–Kier alpha value is -2.19. The van der Waals surface area contributed by atoms with E-state index in [4.69, 9.17) is 0 Å². The van der Waals surface area contributed by atoms with Crippen LogP contribution in [0, 0.1) is 0 Å². The fraction of sp³-hybridized carbons (Fsp3) is 0.391. The first-order valence-corrected chi connectivity index (χ1v) is 27.3. The molecular formula is C46H52Cl2Hf. The van der Waals surface area contributed by atoms with E-state index >= 15 is 0 Å². The number of fused-ring (bicyclic) bond motifs is 3. The van der Waals surface area contributed by atoms with Crippen LogP contribution in [0.5, 0.6) is 0 Å². The summed E-state index contributed by atoms with van der Waals surface area (Å²) in [6, 6.07) is 33.8. The molecule has 4 aliphatic rings. The van der Waals surface area contributed by atoms with E-state index in [1.165, 1.54) is 84.7 Å². The molecule has 1 heterocycles. The van der Waals surface area contributed by atoms with Crippen molar-refractivity contribution >= 4 is 12.2 Å². The van der Waals surface area contributed by atoms with Crippen LogP contribution in [0.1, 0.15) is 120 Å². The Labute approximate surface area is 313 Å². The van der Waals surface area contributed by atoms with Gasteiger partial charge in [0.05, 0.1) is 0 Å². The number of benzene rings is 4. The third-order valence-electron chi connectivity index (χ3n) is 12.7. The maximum absolute atomic E-state index is 3.17. The molecular weight excluding hydrogens is 802 g/mol. The summed E-state index contributed by atoms with van der Waals surface area (Å²) < 4.78 is 3.50. The molecule has 3 aliphatic carbocycles. The standard InChI is InChI=1S/2C20H21.C6H10.2ClH.Hf/c2*1-3-6-16-9-11-17(12-10-16)19-8-5-7-18-13-15(4-2)14-20(18)19;1-2-4-6-5-3-1;;;/h2*5,7-14H,3-4,6H2,1-2H3;1-2H,3-6H2;2*1H;/q;;;;;+2/p-2. The van der Waals surface area contributed by atoms with E-state index in [0.717, 1.165) is 27.5 Å². The van der Waals surface area contributed by atoms with Crippen LogP contribution in [-0.2, 0) is 32.8 Å². The van der Waals surface area contributed by atoms with Gasteiger partial charge in [0.1, 0.15) is 0 Å². The van der Waals surface area contributed by atoms with Crippen molar-refractivity contribution in [3.63, 3.8) is 0 Å². The molecule has 0 spiro atoms. The van der Waals surface area contributed by atoms with Crippen molar-refractivity contribution in [3.8, 4) is 22.3 Å². The fourth-order valence-electron chi connectivity index (χ4n) is 10.7. The van der Waals surface area contributed by atoms with E-state index in [9.17, 15) is 0 Å². The second-order valence-electron chi connectivity index (χ2n) is 15.0. The largest absolute Gasteiger partial charge is 1.00 e. The van der Waals surface area contributed by atoms with Crippen LogP contribution in [0.25, 0.3) is 34.4 Å². The zero-order valence-corrected chi connectivity index (χ0v) is 35.0. The fourth-order valence-corrected chi connectivity index (χ4v) is 46.6. The van der Waals surface area contributed by atoms with Crippen LogP contribution in [-0.4, -0.2) is 0 Å². The van der Waals surface area contributed by atoms with Crippen LogP contribution in [0.2, 0.25) is 7.35 Å². The van der Waals surface area contributed by atoms with E-state index in [2.05, 4.69) is 125 Å². The summed E-state index contributed by atoms with van der Waals surface area (Å²) in [4.78, 5) is 0. The average molecular weight is 854 g/mol. The van der Waals surface area contributed by atoms with Crippen molar-refractivity contribution < 1.29 is 44.8 Å². The smallest absolute Gasteiger partial charge is 1.00 e. The van der Waals surface area contributed by atoms with Gasteiger partial charge in [0.25, 0.3) is 0 Å². The topological polar surface area (TPSA) is 0 Å². The van der Waals surface area contributed by atoms with E-state index in [-0.39, 0.29) is 24.8 Å². The van der Waals surface area contributed by atoms with Crippen LogP contribution >= 0.6 is 0 Å². The molecule has 4 aromatic carbocycles. The van der Waals surface area contributed by atoms with Crippen molar-refractivity contribution in [2.24, 2.45) is 0 Å². The molecule has 4 aromatic rings. The summed E-state index contributed by atoms with van der Waals surface area (Å²) in [5.74, 6) is 0. The van der Waals surface area contributed by atoms with Gasteiger partial charge >= 0.3 is 290 Å². The molecule has 0 radical (unpaired) electrons. The SMILES string of the molecule is CCCc1ccc(-c2cccc3c2C=C(CC)[CH]3[Hf+2]2([CH]3C(CC)=Cc4c(-c5ccc(CCC)cc5)cccc43)[CH]3CCCC[CH]32)cc1.[Cl-].[Cl-]. The van der Waals surface area contributed by atoms with E-state index < -0.39 is 20.0 Å². The van der Waals surface area contributed by atoms with Gasteiger partial charge in [-0.1, -0.05) is 0 Å². The molecule has 0 aromatic heterocycles. The van der Waals surface area contributed by atoms with Crippen LogP contribution < -0.4 is 24.8 Å². The van der Waals surface area contributed by atoms with E-state index in [1.807, 2.05) is 0 Å². The van der Waals surface area contributed by atoms with Gasteiger partial charge in [0.2, 0.25) is 0 Å². The summed E-state index contributed by atoms with van der Waals surface area (Å²) in [5, 5.41) is 0. The van der Waals surface area contributed by atoms with Gasteiger partial charge in [-0.25, -0.2) is 0 Å². The Kier molecular flexibility index (Phi) is 11.3. The minimum Gasteiger partial charge on any atom is -1.00 e. The van der Waals surface area contributed by atoms with Crippen molar-refractivity contribution in [2.45, 2.75) is 107 Å². The van der Waals surface area contributed by atoms with Gasteiger partial charge in [0.15, 0.2) is 0 Å². The van der Waals surface area contributed by atoms with Gasteiger partial charge < -0.3 is 24.8 Å². The number of aryl methyl sites for hydroxylation is 2. The maximum Gasteiger partial charge on any atom is -1.00 e. The Morgan fingerprint density at radius 3 is 1.31 bits per heavy atom. The third-order valence-corrected chi connectivity index (χ3v) is 37.6. The Balaban J connectivity index is 0.00000208. The van der Waals surface area contributed by atoms with E-state index in [1.54, 1.807) is 33.4 Å². The quantitative estimate of drug-likeness (QED) is 0.144. The molecule has 254 valence electrons. The Bertz CT molecular complexity index is 1710. The van der Waals surface area contributed by atoms with Crippen molar-refractivity contribution in [3.05, 3.63) is 129 Å². The molecule has 0 amide bonds. The molecule has 3 heteroatoms. The second kappa shape index (κ2) is 15.2. The van der Waals surface area contributed by atoms with Gasteiger partial charge in [0, 0.05) is 0 Å². The third kappa shape index (κ3) is 6.02. The normalized spacial score (nSPS) is 23.2. The summed E-state index contributed by atoms with van der Waals surface area (Å²) in [6.45, 7) is 9.47. The van der Waals surface area contributed by atoms with Gasteiger partial charge in [-0.15, -0.1) is 0 Å². The first-order chi connectivity index (χ1) is 23.1. The Morgan fingerprint density at radius 2 is 0.939 bits per heavy atom. The molecule has 0 N–H and O–H groups in total. The molecule has 8 rings (SSSR count). The van der Waals surface area contributed by atoms with Crippen LogP contribution in [0.15, 0.2) is 96.1 Å². The number of rotatable bonds is 10. The second-order valence-corrected chi connectivity index (χ2v) is 31.7. The van der Waals surface area contributed by atoms with Gasteiger partial charge in [-0.05, 0) is 0 Å². The first-order valence-electron chi connectivity index (χ1n) is 19.0. The first kappa shape index (κ1) is 36.6. The maximum atomic E-state index is 2.70. The van der Waals surface area contributed by atoms with Gasteiger partial charge in [-0.2, -0.15) is 0 Å². The minimum atomic E-state index is -3.17. The van der Waals surface area contributed by atoms with Crippen molar-refractivity contribution in [1.82, 2.24) is 0 Å². The molecule has 0 nitrogen and oxygen atoms in total. The van der Waals surface area contributed by atoms with E-state index in [0.29, 0.717) is 0 Å². The predicted octanol–water partition coefficient (Wildman–Crippen LogP) is 7.65. The summed E-state index contributed by atoms with van der Waals surface area (Å²) >= 11 is -3.17. The summed E-state index contributed by atoms with van der Waals surface area (Å²) in [7, 11) is 0. The number of hydrogen-bond donors (Lipinski definition) is 0. The molecule has 4 unspecified atom stereocenters. The molecule has 49 heavy (non-hydrogen) atoms. The Morgan fingerprint density at radius 1 is 0.531 bits per heavy atom. The average Bonchev–Trinajstić information content (AvgIpc) is 3.39. The number of allylic oxidation sites excluding steroid dienone is 2. The number of hydrogen-bond acceptors (Lipinski definition) is 0. The zero-order valence-electron chi connectivity index (χ0n) is 29.9. The molecule has 0 bridgehead atoms. The molecule has 4 atom stereocenters. The molecule has 1 aliphatic heterocycles. The predicted molar refractivity (Wildman–Crippen MR) is 200 cm³/mol. The van der Waals surface area contributed by atoms with Crippen LogP contribution in [0.3, 0.4) is 0 Å². The molecule has 2 fully saturated rings. The molecule has 1 saturated carbocycles. The summed E-state index contributed by atoms with van der Waals surface area (Å²) in [6.07, 6.45) is 18.4. The van der Waals surface area contributed by atoms with Crippen LogP contribution in [0.4, 0.5) is 0 Å². The van der Waals surface area contributed by atoms with Gasteiger partial charge in [-0.3, -0.25) is 0 Å². The monoisotopic (exact) mass is 854 g/mol. The minimum absolute atomic E-state index is 0. The zero-order chi connectivity index (χ0) is 32.1.